The standard InChI is InChI=1S/C25H35N3O3/c1-15(2)20-12-18(13-23-27-21-9-8-16(3)10-22(21)28-23)17(4)11-19(20)14-26-24(29)6-5-7-25(30)31/h8-11,15,18-20H,5-7,12-14H2,1-4H3,(H,26,29)(H,27,28)(H,30,31). The lowest BCUT2D eigenvalue weighted by Gasteiger charge is -2.37. The van der Waals surface area contributed by atoms with Crippen LogP contribution in [0.25, 0.3) is 11.0 Å². The number of carboxylic acids is 1. The normalized spacial score (nSPS) is 21.3. The Morgan fingerprint density at radius 3 is 2.74 bits per heavy atom. The topological polar surface area (TPSA) is 95.1 Å². The van der Waals surface area contributed by atoms with Crippen LogP contribution in [0.3, 0.4) is 0 Å². The van der Waals surface area contributed by atoms with Crippen molar-refractivity contribution in [3.05, 3.63) is 41.2 Å². The SMILES string of the molecule is CC1=CC(CNC(=O)CCCC(=O)O)C(C(C)C)CC1Cc1nc2ccc(C)cc2[nH]1. The minimum Gasteiger partial charge on any atom is -0.481 e. The van der Waals surface area contributed by atoms with Crippen LogP contribution < -0.4 is 5.32 Å². The number of nitrogens with zero attached hydrogens (tertiary/aromatic N) is 1. The van der Waals surface area contributed by atoms with E-state index in [1.807, 2.05) is 0 Å². The maximum atomic E-state index is 12.1. The van der Waals surface area contributed by atoms with Gasteiger partial charge < -0.3 is 15.4 Å². The maximum Gasteiger partial charge on any atom is 0.303 e. The van der Waals surface area contributed by atoms with E-state index in [2.05, 4.69) is 62.3 Å². The van der Waals surface area contributed by atoms with Crippen molar-refractivity contribution in [2.24, 2.45) is 23.7 Å². The Morgan fingerprint density at radius 2 is 2.03 bits per heavy atom. The van der Waals surface area contributed by atoms with Crippen molar-refractivity contribution >= 4 is 22.9 Å². The molecule has 0 fully saturated rings. The highest BCUT2D eigenvalue weighted by Gasteiger charge is 2.32. The van der Waals surface area contributed by atoms with Gasteiger partial charge in [0.25, 0.3) is 0 Å². The molecule has 2 aromatic rings. The number of carboxylic acid groups (broad SMARTS) is 1. The van der Waals surface area contributed by atoms with Gasteiger partial charge in [0, 0.05) is 25.8 Å². The van der Waals surface area contributed by atoms with Crippen molar-refractivity contribution < 1.29 is 14.7 Å². The molecule has 1 aromatic carbocycles. The fourth-order valence-corrected chi connectivity index (χ4v) is 4.73. The number of rotatable bonds is 9. The van der Waals surface area contributed by atoms with Gasteiger partial charge in [-0.3, -0.25) is 9.59 Å². The second kappa shape index (κ2) is 10.1. The molecular formula is C25H35N3O3. The molecule has 0 saturated carbocycles. The molecule has 0 bridgehead atoms. The van der Waals surface area contributed by atoms with Crippen LogP contribution in [-0.4, -0.2) is 33.5 Å². The zero-order valence-electron chi connectivity index (χ0n) is 19.1. The number of amides is 1. The average molecular weight is 426 g/mol. The smallest absolute Gasteiger partial charge is 0.303 e. The molecular weight excluding hydrogens is 390 g/mol. The summed E-state index contributed by atoms with van der Waals surface area (Å²) in [5.41, 5.74) is 4.70. The third-order valence-corrected chi connectivity index (χ3v) is 6.54. The van der Waals surface area contributed by atoms with Crippen LogP contribution in [0.2, 0.25) is 0 Å². The maximum absolute atomic E-state index is 12.1. The lowest BCUT2D eigenvalue weighted by atomic mass is 9.69. The Balaban J connectivity index is 1.64. The number of aromatic amines is 1. The summed E-state index contributed by atoms with van der Waals surface area (Å²) >= 11 is 0. The van der Waals surface area contributed by atoms with Crippen molar-refractivity contribution in [3.8, 4) is 0 Å². The minimum atomic E-state index is -0.857. The molecule has 1 aromatic heterocycles. The van der Waals surface area contributed by atoms with Crippen LogP contribution in [-0.2, 0) is 16.0 Å². The number of H-pyrrole nitrogens is 1. The summed E-state index contributed by atoms with van der Waals surface area (Å²) < 4.78 is 0. The number of fused-ring (bicyclic) bond motifs is 1. The summed E-state index contributed by atoms with van der Waals surface area (Å²) in [6.07, 6.45) is 5.00. The number of imidazole rings is 1. The van der Waals surface area contributed by atoms with Gasteiger partial charge in [0.2, 0.25) is 5.91 Å². The predicted molar refractivity (Wildman–Crippen MR) is 123 cm³/mol. The van der Waals surface area contributed by atoms with Gasteiger partial charge in [0.15, 0.2) is 0 Å². The van der Waals surface area contributed by atoms with Crippen molar-refractivity contribution in [3.63, 3.8) is 0 Å². The summed E-state index contributed by atoms with van der Waals surface area (Å²) in [5, 5.41) is 11.7. The molecule has 3 atom stereocenters. The molecule has 3 unspecified atom stereocenters. The fourth-order valence-electron chi connectivity index (χ4n) is 4.73. The Morgan fingerprint density at radius 1 is 1.26 bits per heavy atom. The van der Waals surface area contributed by atoms with Crippen molar-refractivity contribution in [2.45, 2.75) is 59.8 Å². The van der Waals surface area contributed by atoms with Gasteiger partial charge in [-0.05, 0) is 68.1 Å². The van der Waals surface area contributed by atoms with Gasteiger partial charge in [-0.15, -0.1) is 0 Å². The van der Waals surface area contributed by atoms with Crippen molar-refractivity contribution in [1.29, 1.82) is 0 Å². The van der Waals surface area contributed by atoms with Gasteiger partial charge >= 0.3 is 5.97 Å². The third kappa shape index (κ3) is 6.18. The summed E-state index contributed by atoms with van der Waals surface area (Å²) in [6.45, 7) is 9.40. The molecule has 0 radical (unpaired) electrons. The number of aryl methyl sites for hydroxylation is 1. The lowest BCUT2D eigenvalue weighted by Crippen LogP contribution is -2.37. The van der Waals surface area contributed by atoms with E-state index in [9.17, 15) is 9.59 Å². The third-order valence-electron chi connectivity index (χ3n) is 6.54. The quantitative estimate of drug-likeness (QED) is 0.510. The molecule has 1 heterocycles. The van der Waals surface area contributed by atoms with Gasteiger partial charge in [-0.2, -0.15) is 0 Å². The van der Waals surface area contributed by atoms with Crippen LogP contribution >= 0.6 is 0 Å². The molecule has 31 heavy (non-hydrogen) atoms. The largest absolute Gasteiger partial charge is 0.481 e. The summed E-state index contributed by atoms with van der Waals surface area (Å²) in [4.78, 5) is 31.0. The minimum absolute atomic E-state index is 0.0352. The van der Waals surface area contributed by atoms with E-state index in [0.29, 0.717) is 36.6 Å². The zero-order valence-corrected chi connectivity index (χ0v) is 19.1. The Hall–Kier alpha value is -2.63. The van der Waals surface area contributed by atoms with Gasteiger partial charge in [0.1, 0.15) is 5.82 Å². The molecule has 0 aliphatic heterocycles. The van der Waals surface area contributed by atoms with E-state index in [-0.39, 0.29) is 18.7 Å². The van der Waals surface area contributed by atoms with Crippen molar-refractivity contribution in [2.75, 3.05) is 6.54 Å². The van der Waals surface area contributed by atoms with Crippen LogP contribution in [0.5, 0.6) is 0 Å². The Kier molecular flexibility index (Phi) is 7.52. The highest BCUT2D eigenvalue weighted by atomic mass is 16.4. The van der Waals surface area contributed by atoms with E-state index in [4.69, 9.17) is 10.1 Å². The van der Waals surface area contributed by atoms with E-state index < -0.39 is 5.97 Å². The molecule has 6 heteroatoms. The predicted octanol–water partition coefficient (Wildman–Crippen LogP) is 4.64. The summed E-state index contributed by atoms with van der Waals surface area (Å²) in [7, 11) is 0. The number of carbonyl (C=O) groups is 2. The summed E-state index contributed by atoms with van der Waals surface area (Å²) in [6, 6.07) is 6.30. The lowest BCUT2D eigenvalue weighted by molar-refractivity contribution is -0.137. The zero-order chi connectivity index (χ0) is 22.5. The van der Waals surface area contributed by atoms with E-state index in [1.165, 1.54) is 11.1 Å². The number of aromatic nitrogens is 2. The number of aliphatic carboxylic acids is 1. The molecule has 1 amide bonds. The molecule has 1 aliphatic rings. The van der Waals surface area contributed by atoms with E-state index >= 15 is 0 Å². The monoisotopic (exact) mass is 425 g/mol. The number of carbonyl (C=O) groups excluding carboxylic acids is 1. The number of nitrogens with one attached hydrogen (secondary N) is 2. The molecule has 3 N–H and O–H groups in total. The highest BCUT2D eigenvalue weighted by molar-refractivity contribution is 5.77. The first-order chi connectivity index (χ1) is 14.7. The first-order valence-electron chi connectivity index (χ1n) is 11.3. The van der Waals surface area contributed by atoms with Gasteiger partial charge in [-0.25, -0.2) is 4.98 Å². The van der Waals surface area contributed by atoms with Gasteiger partial charge in [0.05, 0.1) is 11.0 Å². The number of benzene rings is 1. The summed E-state index contributed by atoms with van der Waals surface area (Å²) in [5.74, 6) is 1.86. The fraction of sp³-hybridized carbons (Fsp3) is 0.560. The van der Waals surface area contributed by atoms with Crippen LogP contribution in [0.1, 0.15) is 57.8 Å². The van der Waals surface area contributed by atoms with Gasteiger partial charge in [-0.1, -0.05) is 31.6 Å². The first kappa shape index (κ1) is 23.0. The van der Waals surface area contributed by atoms with E-state index in [0.717, 1.165) is 29.7 Å². The first-order valence-corrected chi connectivity index (χ1v) is 11.3. The van der Waals surface area contributed by atoms with Crippen LogP contribution in [0, 0.1) is 30.6 Å². The number of hydrogen-bond donors (Lipinski definition) is 3. The second-order valence-electron chi connectivity index (χ2n) is 9.37. The molecule has 3 rings (SSSR count). The second-order valence-corrected chi connectivity index (χ2v) is 9.37. The Labute approximate surface area is 184 Å². The van der Waals surface area contributed by atoms with Crippen molar-refractivity contribution in [1.82, 2.24) is 15.3 Å². The molecule has 0 saturated heterocycles. The highest BCUT2D eigenvalue weighted by Crippen LogP contribution is 2.38. The van der Waals surface area contributed by atoms with Crippen LogP contribution in [0.15, 0.2) is 29.8 Å². The average Bonchev–Trinajstić information content (AvgIpc) is 3.08. The van der Waals surface area contributed by atoms with Crippen LogP contribution in [0.4, 0.5) is 0 Å². The van der Waals surface area contributed by atoms with E-state index in [1.54, 1.807) is 0 Å². The molecule has 0 spiro atoms. The Bertz CT molecular complexity index is 960. The molecule has 6 nitrogen and oxygen atoms in total. The molecule has 168 valence electrons. The molecule has 1 aliphatic carbocycles. The number of allylic oxidation sites excluding steroid dienone is 1. The number of hydrogen-bond acceptors (Lipinski definition) is 3.